The van der Waals surface area contributed by atoms with Crippen LogP contribution in [-0.4, -0.2) is 36.2 Å². The highest BCUT2D eigenvalue weighted by atomic mass is 19.4. The Kier molecular flexibility index (Phi) is 8.90. The van der Waals surface area contributed by atoms with Gasteiger partial charge in [0.25, 0.3) is 0 Å². The van der Waals surface area contributed by atoms with Gasteiger partial charge in [-0.2, -0.15) is 13.2 Å². The van der Waals surface area contributed by atoms with Crippen molar-refractivity contribution in [2.75, 3.05) is 23.3 Å². The molecule has 5 nitrogen and oxygen atoms in total. The quantitative estimate of drug-likeness (QED) is 0.633. The first-order valence-corrected chi connectivity index (χ1v) is 10.2. The Hall–Kier alpha value is -3.03. The fraction of sp³-hybridized carbons (Fsp3) is 0.391. The molecule has 1 saturated heterocycles. The van der Waals surface area contributed by atoms with Gasteiger partial charge < -0.3 is 15.3 Å². The summed E-state index contributed by atoms with van der Waals surface area (Å²) in [7, 11) is 0. The van der Waals surface area contributed by atoms with Crippen LogP contribution in [0.2, 0.25) is 0 Å². The number of nitrogens with zero attached hydrogens (tertiary/aromatic N) is 1. The van der Waals surface area contributed by atoms with Crippen LogP contribution in [0.1, 0.15) is 44.1 Å². The summed E-state index contributed by atoms with van der Waals surface area (Å²) in [6.07, 6.45) is -0.780. The lowest BCUT2D eigenvalue weighted by Crippen LogP contribution is -2.24. The highest BCUT2D eigenvalue weighted by Gasteiger charge is 2.38. The molecule has 2 aromatic rings. The second-order valence-electron chi connectivity index (χ2n) is 7.26. The number of carboxylic acid groups (broad SMARTS) is 1. The molecule has 31 heavy (non-hydrogen) atoms. The van der Waals surface area contributed by atoms with Crippen LogP contribution < -0.4 is 10.2 Å². The predicted molar refractivity (Wildman–Crippen MR) is 114 cm³/mol. The van der Waals surface area contributed by atoms with Crippen LogP contribution in [0.4, 0.5) is 24.5 Å². The number of para-hydroxylation sites is 2. The number of carbonyl (C=O) groups is 2. The lowest BCUT2D eigenvalue weighted by molar-refractivity contribution is -0.192. The molecule has 1 aliphatic rings. The maximum Gasteiger partial charge on any atom is 0.490 e. The number of carbonyl (C=O) groups excluding carboxylic acids is 1. The Bertz CT molecular complexity index is 851. The van der Waals surface area contributed by atoms with Gasteiger partial charge in [-0.1, -0.05) is 55.8 Å². The van der Waals surface area contributed by atoms with E-state index in [-0.39, 0.29) is 11.8 Å². The Morgan fingerprint density at radius 3 is 2.13 bits per heavy atom. The molecule has 1 fully saturated rings. The Morgan fingerprint density at radius 1 is 1.03 bits per heavy atom. The van der Waals surface area contributed by atoms with E-state index in [1.54, 1.807) is 0 Å². The van der Waals surface area contributed by atoms with Crippen molar-refractivity contribution in [2.45, 2.75) is 44.7 Å². The fourth-order valence-electron chi connectivity index (χ4n) is 3.46. The third-order valence-electron chi connectivity index (χ3n) is 4.95. The van der Waals surface area contributed by atoms with Crippen LogP contribution in [0.3, 0.4) is 0 Å². The molecule has 3 rings (SSSR count). The summed E-state index contributed by atoms with van der Waals surface area (Å²) < 4.78 is 31.7. The van der Waals surface area contributed by atoms with Crippen LogP contribution in [0.5, 0.6) is 0 Å². The van der Waals surface area contributed by atoms with Crippen LogP contribution in [0, 0.1) is 0 Å². The lowest BCUT2D eigenvalue weighted by Gasteiger charge is -2.23. The van der Waals surface area contributed by atoms with E-state index in [1.807, 2.05) is 48.5 Å². The highest BCUT2D eigenvalue weighted by Crippen LogP contribution is 2.30. The summed E-state index contributed by atoms with van der Waals surface area (Å²) in [4.78, 5) is 24.2. The molecule has 0 saturated carbocycles. The second-order valence-corrected chi connectivity index (χ2v) is 7.26. The number of halogens is 3. The molecule has 2 aromatic carbocycles. The first kappa shape index (κ1) is 24.2. The third kappa shape index (κ3) is 7.31. The van der Waals surface area contributed by atoms with Gasteiger partial charge in [-0.3, -0.25) is 4.79 Å². The van der Waals surface area contributed by atoms with Crippen molar-refractivity contribution in [2.24, 2.45) is 0 Å². The van der Waals surface area contributed by atoms with Crippen LogP contribution in [-0.2, 0) is 9.59 Å². The van der Waals surface area contributed by atoms with Crippen LogP contribution >= 0.6 is 0 Å². The minimum atomic E-state index is -5.08. The zero-order chi connectivity index (χ0) is 22.9. The number of rotatable bonds is 6. The number of carboxylic acids is 1. The molecule has 8 heteroatoms. The average molecular weight is 436 g/mol. The van der Waals surface area contributed by atoms with Gasteiger partial charge in [0.2, 0.25) is 5.91 Å². The molecule has 1 atom stereocenters. The summed E-state index contributed by atoms with van der Waals surface area (Å²) in [6.45, 7) is 4.27. The third-order valence-corrected chi connectivity index (χ3v) is 4.95. The summed E-state index contributed by atoms with van der Waals surface area (Å²) in [5, 5.41) is 10.3. The normalized spacial score (nSPS) is 14.4. The number of hydrogen-bond acceptors (Lipinski definition) is 3. The van der Waals surface area contributed by atoms with E-state index < -0.39 is 12.1 Å². The molecule has 2 N–H and O–H groups in total. The zero-order valence-electron chi connectivity index (χ0n) is 17.4. The van der Waals surface area contributed by atoms with Gasteiger partial charge in [0.15, 0.2) is 0 Å². The van der Waals surface area contributed by atoms with Gasteiger partial charge in [-0.25, -0.2) is 4.79 Å². The van der Waals surface area contributed by atoms with E-state index in [4.69, 9.17) is 9.90 Å². The van der Waals surface area contributed by atoms with E-state index in [0.717, 1.165) is 42.9 Å². The van der Waals surface area contributed by atoms with Crippen molar-refractivity contribution < 1.29 is 27.9 Å². The van der Waals surface area contributed by atoms with Gasteiger partial charge in [0, 0.05) is 13.1 Å². The highest BCUT2D eigenvalue weighted by molar-refractivity contribution is 5.98. The number of amides is 1. The summed E-state index contributed by atoms with van der Waals surface area (Å²) in [6, 6.07) is 18.3. The minimum absolute atomic E-state index is 0.0923. The molecule has 1 amide bonds. The summed E-state index contributed by atoms with van der Waals surface area (Å²) in [5.41, 5.74) is 3.17. The maximum absolute atomic E-state index is 12.9. The van der Waals surface area contributed by atoms with Gasteiger partial charge in [-0.05, 0) is 37.0 Å². The smallest absolute Gasteiger partial charge is 0.475 e. The monoisotopic (exact) mass is 436 g/mol. The minimum Gasteiger partial charge on any atom is -0.475 e. The maximum atomic E-state index is 12.9. The van der Waals surface area contributed by atoms with Crippen molar-refractivity contribution in [1.29, 1.82) is 0 Å². The second kappa shape index (κ2) is 11.4. The standard InChI is InChI=1S/C21H26N2O.C2HF3O2/c1-2-10-18(17-11-4-3-5-12-17)21(24)22-19-13-6-7-14-20(19)23-15-8-9-16-23;3-2(4,5)1(6)7/h3-7,11-14,18H,2,8-10,15-16H2,1H3,(H,22,24);(H,6,7). The molecular weight excluding hydrogens is 409 g/mol. The van der Waals surface area contributed by atoms with Crippen LogP contribution in [0.25, 0.3) is 0 Å². The molecular formula is C23H27F3N2O3. The molecule has 0 spiro atoms. The van der Waals surface area contributed by atoms with E-state index in [2.05, 4.69) is 23.2 Å². The van der Waals surface area contributed by atoms with Crippen molar-refractivity contribution in [3.8, 4) is 0 Å². The molecule has 0 aliphatic carbocycles. The van der Waals surface area contributed by atoms with Crippen molar-refractivity contribution >= 4 is 23.3 Å². The Balaban J connectivity index is 0.000000423. The van der Waals surface area contributed by atoms with E-state index in [0.29, 0.717) is 0 Å². The molecule has 0 bridgehead atoms. The van der Waals surface area contributed by atoms with E-state index >= 15 is 0 Å². The van der Waals surface area contributed by atoms with Crippen LogP contribution in [0.15, 0.2) is 54.6 Å². The number of nitrogens with one attached hydrogen (secondary N) is 1. The van der Waals surface area contributed by atoms with Gasteiger partial charge in [0.1, 0.15) is 0 Å². The van der Waals surface area contributed by atoms with Crippen molar-refractivity contribution in [3.63, 3.8) is 0 Å². The largest absolute Gasteiger partial charge is 0.490 e. The molecule has 0 radical (unpaired) electrons. The number of anilines is 2. The van der Waals surface area contributed by atoms with E-state index in [9.17, 15) is 18.0 Å². The molecule has 1 heterocycles. The topological polar surface area (TPSA) is 69.6 Å². The number of benzene rings is 2. The predicted octanol–water partition coefficient (Wildman–Crippen LogP) is 5.44. The first-order chi connectivity index (χ1) is 14.7. The molecule has 168 valence electrons. The number of hydrogen-bond donors (Lipinski definition) is 2. The van der Waals surface area contributed by atoms with Gasteiger partial charge in [0.05, 0.1) is 17.3 Å². The van der Waals surface area contributed by atoms with Gasteiger partial charge >= 0.3 is 12.1 Å². The SMILES string of the molecule is CCCC(C(=O)Nc1ccccc1N1CCCC1)c1ccccc1.O=C(O)C(F)(F)F. The van der Waals surface area contributed by atoms with E-state index in [1.165, 1.54) is 12.8 Å². The fourth-order valence-corrected chi connectivity index (χ4v) is 3.46. The summed E-state index contributed by atoms with van der Waals surface area (Å²) in [5.74, 6) is -2.76. The Labute approximate surface area is 179 Å². The summed E-state index contributed by atoms with van der Waals surface area (Å²) >= 11 is 0. The number of alkyl halides is 3. The number of aliphatic carboxylic acids is 1. The molecule has 0 aromatic heterocycles. The zero-order valence-corrected chi connectivity index (χ0v) is 17.4. The van der Waals surface area contributed by atoms with Crippen molar-refractivity contribution in [3.05, 3.63) is 60.2 Å². The molecule has 1 aliphatic heterocycles. The lowest BCUT2D eigenvalue weighted by atomic mass is 9.93. The molecule has 1 unspecified atom stereocenters. The first-order valence-electron chi connectivity index (χ1n) is 10.2. The van der Waals surface area contributed by atoms with Crippen molar-refractivity contribution in [1.82, 2.24) is 0 Å². The van der Waals surface area contributed by atoms with Gasteiger partial charge in [-0.15, -0.1) is 0 Å². The average Bonchev–Trinajstić information content (AvgIpc) is 3.27. The Morgan fingerprint density at radius 2 is 1.58 bits per heavy atom.